The van der Waals surface area contributed by atoms with Gasteiger partial charge in [-0.2, -0.15) is 0 Å². The van der Waals surface area contributed by atoms with Crippen LogP contribution in [0.2, 0.25) is 0 Å². The molecule has 0 saturated carbocycles. The van der Waals surface area contributed by atoms with E-state index in [9.17, 15) is 32.1 Å². The maximum Gasteiger partial charge on any atom is 0.573 e. The van der Waals surface area contributed by atoms with Crippen molar-refractivity contribution in [3.8, 4) is 5.75 Å². The zero-order valence-corrected chi connectivity index (χ0v) is 8.66. The van der Waals surface area contributed by atoms with Gasteiger partial charge in [-0.1, -0.05) is 0 Å². The Morgan fingerprint density at radius 1 is 1.44 bits per heavy atom. The molecular formula is C8H5F5N2O3. The average molecular weight is 272 g/mol. The first kappa shape index (κ1) is 14.1. The maximum atomic E-state index is 12.5. The minimum absolute atomic E-state index is 0.342. The van der Waals surface area contributed by atoms with Gasteiger partial charge >= 0.3 is 18.6 Å². The number of aromatic nitrogens is 1. The Morgan fingerprint density at radius 2 is 2.00 bits per heavy atom. The Bertz CT molecular complexity index is 475. The van der Waals surface area contributed by atoms with Crippen LogP contribution in [0, 0.1) is 17.0 Å². The number of hydrogen-bond acceptors (Lipinski definition) is 4. The summed E-state index contributed by atoms with van der Waals surface area (Å²) in [7, 11) is 0. The third-order valence-corrected chi connectivity index (χ3v) is 1.87. The van der Waals surface area contributed by atoms with E-state index in [0.717, 1.165) is 6.92 Å². The molecule has 0 atom stereocenters. The summed E-state index contributed by atoms with van der Waals surface area (Å²) in [5.74, 6) is -2.21. The second kappa shape index (κ2) is 4.70. The van der Waals surface area contributed by atoms with Crippen molar-refractivity contribution in [3.63, 3.8) is 0 Å². The summed E-state index contributed by atoms with van der Waals surface area (Å²) in [5.41, 5.74) is -1.73. The Kier molecular flexibility index (Phi) is 3.67. The normalized spacial score (nSPS) is 11.7. The third-order valence-electron chi connectivity index (χ3n) is 1.87. The van der Waals surface area contributed by atoms with Crippen LogP contribution < -0.4 is 4.74 Å². The summed E-state index contributed by atoms with van der Waals surface area (Å²) in [4.78, 5) is 12.1. The number of rotatable bonds is 3. The molecule has 0 radical (unpaired) electrons. The molecule has 1 rings (SSSR count). The smallest absolute Gasteiger partial charge is 0.405 e. The quantitative estimate of drug-likeness (QED) is 0.481. The predicted octanol–water partition coefficient (Wildman–Crippen LogP) is 3.13. The summed E-state index contributed by atoms with van der Waals surface area (Å²) >= 11 is 0. The summed E-state index contributed by atoms with van der Waals surface area (Å²) in [6, 6.07) is 0.342. The first-order valence-corrected chi connectivity index (χ1v) is 4.31. The fourth-order valence-corrected chi connectivity index (χ4v) is 1.13. The molecule has 0 unspecified atom stereocenters. The Labute approximate surface area is 96.3 Å². The van der Waals surface area contributed by atoms with Gasteiger partial charge in [0.25, 0.3) is 0 Å². The van der Waals surface area contributed by atoms with E-state index in [1.165, 1.54) is 0 Å². The minimum Gasteiger partial charge on any atom is -0.405 e. The van der Waals surface area contributed by atoms with Crippen LogP contribution in [-0.2, 0) is 0 Å². The first-order valence-electron chi connectivity index (χ1n) is 4.31. The van der Waals surface area contributed by atoms with Crippen molar-refractivity contribution >= 4 is 5.82 Å². The molecule has 0 bridgehead atoms. The molecule has 10 heteroatoms. The van der Waals surface area contributed by atoms with Crippen molar-refractivity contribution in [1.82, 2.24) is 4.98 Å². The van der Waals surface area contributed by atoms with Crippen LogP contribution in [0.3, 0.4) is 0 Å². The van der Waals surface area contributed by atoms with E-state index in [4.69, 9.17) is 0 Å². The van der Waals surface area contributed by atoms with Crippen molar-refractivity contribution < 1.29 is 31.6 Å². The largest absolute Gasteiger partial charge is 0.573 e. The van der Waals surface area contributed by atoms with Gasteiger partial charge in [0.15, 0.2) is 0 Å². The summed E-state index contributed by atoms with van der Waals surface area (Å²) in [6.45, 7) is 0.902. The molecule has 0 amide bonds. The van der Waals surface area contributed by atoms with Gasteiger partial charge in [0.1, 0.15) is 5.75 Å². The van der Waals surface area contributed by atoms with Crippen molar-refractivity contribution in [2.24, 2.45) is 0 Å². The van der Waals surface area contributed by atoms with Gasteiger partial charge in [-0.25, -0.2) is 8.78 Å². The van der Waals surface area contributed by atoms with E-state index < -0.39 is 40.5 Å². The number of nitro groups is 1. The van der Waals surface area contributed by atoms with Crippen molar-refractivity contribution in [2.45, 2.75) is 19.7 Å². The number of pyridine rings is 1. The van der Waals surface area contributed by atoms with Crippen LogP contribution in [0.1, 0.15) is 17.7 Å². The lowest BCUT2D eigenvalue weighted by molar-refractivity contribution is -0.390. The Balaban J connectivity index is 3.36. The molecule has 0 aliphatic heterocycles. The lowest BCUT2D eigenvalue weighted by atomic mass is 10.2. The van der Waals surface area contributed by atoms with Gasteiger partial charge in [0, 0.05) is 5.56 Å². The van der Waals surface area contributed by atoms with Crippen LogP contribution in [0.25, 0.3) is 0 Å². The first-order chi connectivity index (χ1) is 8.11. The fraction of sp³-hybridized carbons (Fsp3) is 0.375. The van der Waals surface area contributed by atoms with Crippen LogP contribution in [0.4, 0.5) is 27.8 Å². The van der Waals surface area contributed by atoms with E-state index in [2.05, 4.69) is 9.72 Å². The average Bonchev–Trinajstić information content (AvgIpc) is 2.18. The second-order valence-corrected chi connectivity index (χ2v) is 3.09. The molecule has 0 saturated heterocycles. The van der Waals surface area contributed by atoms with Crippen molar-refractivity contribution in [2.75, 3.05) is 0 Å². The topological polar surface area (TPSA) is 65.3 Å². The van der Waals surface area contributed by atoms with Gasteiger partial charge in [-0.15, -0.1) is 13.2 Å². The monoisotopic (exact) mass is 272 g/mol. The molecule has 18 heavy (non-hydrogen) atoms. The Hall–Kier alpha value is -2.00. The molecule has 100 valence electrons. The fourth-order valence-electron chi connectivity index (χ4n) is 1.13. The van der Waals surface area contributed by atoms with Gasteiger partial charge in [-0.3, -0.25) is 0 Å². The highest BCUT2D eigenvalue weighted by Crippen LogP contribution is 2.33. The van der Waals surface area contributed by atoms with Gasteiger partial charge in [0.05, 0.1) is 6.07 Å². The molecule has 0 N–H and O–H groups in total. The number of alkyl halides is 5. The number of halogens is 5. The van der Waals surface area contributed by atoms with Crippen molar-refractivity contribution in [3.05, 3.63) is 27.4 Å². The summed E-state index contributed by atoms with van der Waals surface area (Å²) < 4.78 is 64.3. The van der Waals surface area contributed by atoms with Crippen LogP contribution in [-0.4, -0.2) is 16.3 Å². The minimum atomic E-state index is -5.14. The van der Waals surface area contributed by atoms with Gasteiger partial charge in [-0.05, 0) is 16.8 Å². The molecule has 0 aromatic carbocycles. The molecule has 0 aliphatic rings. The summed E-state index contributed by atoms with van der Waals surface area (Å²) in [6.07, 6.45) is -8.39. The van der Waals surface area contributed by atoms with Crippen LogP contribution >= 0.6 is 0 Å². The molecule has 0 spiro atoms. The SMILES string of the molecule is Cc1c(OC(F)(F)F)cc([N+](=O)[O-])nc1C(F)F. The molecule has 1 heterocycles. The highest BCUT2D eigenvalue weighted by molar-refractivity contribution is 5.42. The highest BCUT2D eigenvalue weighted by atomic mass is 19.4. The number of nitrogens with zero attached hydrogens (tertiary/aromatic N) is 2. The predicted molar refractivity (Wildman–Crippen MR) is 47.3 cm³/mol. The third kappa shape index (κ3) is 3.25. The van der Waals surface area contributed by atoms with Gasteiger partial charge < -0.3 is 14.9 Å². The molecule has 0 aliphatic carbocycles. The lowest BCUT2D eigenvalue weighted by Crippen LogP contribution is -2.18. The number of ether oxygens (including phenoxy) is 1. The van der Waals surface area contributed by atoms with E-state index in [0.29, 0.717) is 6.07 Å². The zero-order valence-electron chi connectivity index (χ0n) is 8.66. The molecule has 5 nitrogen and oxygen atoms in total. The molecule has 1 aromatic heterocycles. The number of hydrogen-bond donors (Lipinski definition) is 0. The molecule has 0 fully saturated rings. The van der Waals surface area contributed by atoms with Crippen LogP contribution in [0.15, 0.2) is 6.07 Å². The molecular weight excluding hydrogens is 267 g/mol. The summed E-state index contributed by atoms with van der Waals surface area (Å²) in [5, 5.41) is 10.4. The van der Waals surface area contributed by atoms with E-state index >= 15 is 0 Å². The van der Waals surface area contributed by atoms with Crippen molar-refractivity contribution in [1.29, 1.82) is 0 Å². The standard InChI is InChI=1S/C8H5F5N2O3/c1-3-4(18-8(11,12)13)2-5(15(16)17)14-6(3)7(9)10/h2,7H,1H3. The second-order valence-electron chi connectivity index (χ2n) is 3.09. The maximum absolute atomic E-state index is 12.5. The van der Waals surface area contributed by atoms with E-state index in [1.807, 2.05) is 0 Å². The Morgan fingerprint density at radius 3 is 2.39 bits per heavy atom. The van der Waals surface area contributed by atoms with E-state index in [1.54, 1.807) is 0 Å². The lowest BCUT2D eigenvalue weighted by Gasteiger charge is -2.11. The molecule has 1 aromatic rings. The van der Waals surface area contributed by atoms with Gasteiger partial charge in [0.2, 0.25) is 5.69 Å². The van der Waals surface area contributed by atoms with Crippen LogP contribution in [0.5, 0.6) is 5.75 Å². The zero-order chi connectivity index (χ0) is 14.1. The highest BCUT2D eigenvalue weighted by Gasteiger charge is 2.35. The van der Waals surface area contributed by atoms with E-state index in [-0.39, 0.29) is 0 Å².